The molecule has 0 unspecified atom stereocenters. The molecule has 0 spiro atoms. The molecule has 3 rings (SSSR count). The fraction of sp³-hybridized carbons (Fsp3) is 0.0526. The van der Waals surface area contributed by atoms with Crippen LogP contribution in [0.25, 0.3) is 22.3 Å². The standard InChI is InChI=1S/C19H18N2/c1-21(20)18-14-8-13-17(15-9-4-2-5-10-15)19(18)16-11-6-3-7-12-16/h2-14H,20H2,1H3. The summed E-state index contributed by atoms with van der Waals surface area (Å²) in [6.07, 6.45) is 0. The highest BCUT2D eigenvalue weighted by molar-refractivity contribution is 5.92. The first kappa shape index (κ1) is 13.4. The van der Waals surface area contributed by atoms with Crippen LogP contribution in [0.5, 0.6) is 0 Å². The van der Waals surface area contributed by atoms with Gasteiger partial charge in [-0.3, -0.25) is 0 Å². The molecule has 2 N–H and O–H groups in total. The minimum atomic E-state index is 1.02. The minimum Gasteiger partial charge on any atom is -0.313 e. The van der Waals surface area contributed by atoms with Gasteiger partial charge < -0.3 is 5.01 Å². The zero-order valence-corrected chi connectivity index (χ0v) is 12.0. The van der Waals surface area contributed by atoms with E-state index < -0.39 is 0 Å². The van der Waals surface area contributed by atoms with Crippen LogP contribution in [-0.2, 0) is 0 Å². The molecule has 2 nitrogen and oxygen atoms in total. The maximum absolute atomic E-state index is 6.03. The Kier molecular flexibility index (Phi) is 3.71. The van der Waals surface area contributed by atoms with Gasteiger partial charge in [0.15, 0.2) is 0 Å². The van der Waals surface area contributed by atoms with Gasteiger partial charge in [0.05, 0.1) is 5.69 Å². The number of hydrogen-bond donors (Lipinski definition) is 1. The van der Waals surface area contributed by atoms with Gasteiger partial charge in [0.2, 0.25) is 0 Å². The SMILES string of the molecule is CN(N)c1cccc(-c2ccccc2)c1-c1ccccc1. The lowest BCUT2D eigenvalue weighted by molar-refractivity contribution is 1.02. The predicted molar refractivity (Wildman–Crippen MR) is 89.9 cm³/mol. The van der Waals surface area contributed by atoms with E-state index in [1.165, 1.54) is 16.7 Å². The van der Waals surface area contributed by atoms with Crippen LogP contribution in [0.3, 0.4) is 0 Å². The molecule has 3 aromatic rings. The normalized spacial score (nSPS) is 10.4. The van der Waals surface area contributed by atoms with Crippen molar-refractivity contribution in [2.24, 2.45) is 5.84 Å². The molecule has 0 saturated carbocycles. The summed E-state index contributed by atoms with van der Waals surface area (Å²) in [5, 5.41) is 1.68. The molecule has 21 heavy (non-hydrogen) atoms. The number of benzene rings is 3. The Morgan fingerprint density at radius 1 is 0.667 bits per heavy atom. The van der Waals surface area contributed by atoms with Crippen LogP contribution in [0, 0.1) is 0 Å². The average molecular weight is 274 g/mol. The summed E-state index contributed by atoms with van der Waals surface area (Å²) in [4.78, 5) is 0. The van der Waals surface area contributed by atoms with Gasteiger partial charge in [0, 0.05) is 12.6 Å². The predicted octanol–water partition coefficient (Wildman–Crippen LogP) is 4.33. The maximum atomic E-state index is 6.03. The summed E-state index contributed by atoms with van der Waals surface area (Å²) in [5.41, 5.74) is 5.73. The number of nitrogens with two attached hydrogens (primary N) is 1. The molecular formula is C19H18N2. The Morgan fingerprint density at radius 3 is 1.81 bits per heavy atom. The molecule has 3 aromatic carbocycles. The Bertz CT molecular complexity index is 719. The molecule has 0 aromatic heterocycles. The van der Waals surface area contributed by atoms with E-state index >= 15 is 0 Å². The highest BCUT2D eigenvalue weighted by atomic mass is 15.4. The third kappa shape index (κ3) is 2.67. The fourth-order valence-electron chi connectivity index (χ4n) is 2.60. The third-order valence-corrected chi connectivity index (χ3v) is 3.57. The number of hydrazine groups is 1. The summed E-state index contributed by atoms with van der Waals surface area (Å²) in [6, 6.07) is 27.0. The smallest absolute Gasteiger partial charge is 0.0598 e. The van der Waals surface area contributed by atoms with Gasteiger partial charge >= 0.3 is 0 Å². The van der Waals surface area contributed by atoms with Crippen LogP contribution in [0.2, 0.25) is 0 Å². The lowest BCUT2D eigenvalue weighted by Gasteiger charge is -2.20. The van der Waals surface area contributed by atoms with E-state index in [2.05, 4.69) is 60.7 Å². The van der Waals surface area contributed by atoms with E-state index in [0.29, 0.717) is 0 Å². The Morgan fingerprint density at radius 2 is 1.24 bits per heavy atom. The second-order valence-electron chi connectivity index (χ2n) is 5.04. The zero-order valence-electron chi connectivity index (χ0n) is 12.0. The summed E-state index contributed by atoms with van der Waals surface area (Å²) >= 11 is 0. The zero-order chi connectivity index (χ0) is 14.7. The van der Waals surface area contributed by atoms with E-state index in [-0.39, 0.29) is 0 Å². The monoisotopic (exact) mass is 274 g/mol. The minimum absolute atomic E-state index is 1.02. The molecule has 0 aliphatic heterocycles. The van der Waals surface area contributed by atoms with Crippen molar-refractivity contribution >= 4 is 5.69 Å². The largest absolute Gasteiger partial charge is 0.313 e. The number of anilines is 1. The van der Waals surface area contributed by atoms with Crippen LogP contribution in [-0.4, -0.2) is 7.05 Å². The first-order valence-electron chi connectivity index (χ1n) is 6.99. The molecule has 0 aliphatic carbocycles. The van der Waals surface area contributed by atoms with Crippen LogP contribution >= 0.6 is 0 Å². The van der Waals surface area contributed by atoms with E-state index in [1.807, 2.05) is 25.2 Å². The highest BCUT2D eigenvalue weighted by Crippen LogP contribution is 2.38. The lowest BCUT2D eigenvalue weighted by atomic mass is 9.93. The second kappa shape index (κ2) is 5.81. The Labute approximate surface area is 125 Å². The van der Waals surface area contributed by atoms with Crippen LogP contribution in [0.15, 0.2) is 78.9 Å². The van der Waals surface area contributed by atoms with Gasteiger partial charge in [-0.15, -0.1) is 0 Å². The van der Waals surface area contributed by atoms with E-state index in [0.717, 1.165) is 11.3 Å². The summed E-state index contributed by atoms with van der Waals surface area (Å²) in [7, 11) is 1.87. The third-order valence-electron chi connectivity index (χ3n) is 3.57. The summed E-state index contributed by atoms with van der Waals surface area (Å²) in [5.74, 6) is 6.03. The van der Waals surface area contributed by atoms with E-state index in [1.54, 1.807) is 5.01 Å². The number of hydrogen-bond acceptors (Lipinski definition) is 2. The van der Waals surface area contributed by atoms with Gasteiger partial charge in [0.25, 0.3) is 0 Å². The molecule has 0 heterocycles. The van der Waals surface area contributed by atoms with Gasteiger partial charge in [0.1, 0.15) is 0 Å². The summed E-state index contributed by atoms with van der Waals surface area (Å²) in [6.45, 7) is 0. The van der Waals surface area contributed by atoms with Crippen LogP contribution < -0.4 is 10.9 Å². The van der Waals surface area contributed by atoms with E-state index in [9.17, 15) is 0 Å². The maximum Gasteiger partial charge on any atom is 0.0598 e. The lowest BCUT2D eigenvalue weighted by Crippen LogP contribution is -2.25. The Balaban J connectivity index is 2.28. The first-order chi connectivity index (χ1) is 10.3. The molecular weight excluding hydrogens is 256 g/mol. The van der Waals surface area contributed by atoms with Crippen LogP contribution in [0.1, 0.15) is 0 Å². The molecule has 0 aliphatic rings. The van der Waals surface area contributed by atoms with Gasteiger partial charge in [-0.05, 0) is 22.8 Å². The van der Waals surface area contributed by atoms with Crippen molar-refractivity contribution in [2.45, 2.75) is 0 Å². The quantitative estimate of drug-likeness (QED) is 0.569. The average Bonchev–Trinajstić information content (AvgIpc) is 2.55. The fourth-order valence-corrected chi connectivity index (χ4v) is 2.60. The van der Waals surface area contributed by atoms with Crippen molar-refractivity contribution in [1.29, 1.82) is 0 Å². The summed E-state index contributed by atoms with van der Waals surface area (Å²) < 4.78 is 0. The Hall–Kier alpha value is -2.58. The first-order valence-corrected chi connectivity index (χ1v) is 6.99. The highest BCUT2D eigenvalue weighted by Gasteiger charge is 2.13. The molecule has 0 amide bonds. The number of nitrogens with zero attached hydrogens (tertiary/aromatic N) is 1. The van der Waals surface area contributed by atoms with Gasteiger partial charge in [-0.2, -0.15) is 0 Å². The van der Waals surface area contributed by atoms with Crippen molar-refractivity contribution in [3.05, 3.63) is 78.9 Å². The topological polar surface area (TPSA) is 29.3 Å². The molecule has 0 saturated heterocycles. The molecule has 0 fully saturated rings. The van der Waals surface area contributed by atoms with Gasteiger partial charge in [-0.25, -0.2) is 5.84 Å². The van der Waals surface area contributed by atoms with Crippen LogP contribution in [0.4, 0.5) is 5.69 Å². The molecule has 104 valence electrons. The van der Waals surface area contributed by atoms with Crippen molar-refractivity contribution < 1.29 is 0 Å². The van der Waals surface area contributed by atoms with Crippen molar-refractivity contribution in [2.75, 3.05) is 12.1 Å². The molecule has 0 atom stereocenters. The van der Waals surface area contributed by atoms with E-state index in [4.69, 9.17) is 5.84 Å². The van der Waals surface area contributed by atoms with Gasteiger partial charge in [-0.1, -0.05) is 72.8 Å². The van der Waals surface area contributed by atoms with Crippen molar-refractivity contribution in [3.8, 4) is 22.3 Å². The molecule has 0 bridgehead atoms. The molecule has 2 heteroatoms. The van der Waals surface area contributed by atoms with Crippen molar-refractivity contribution in [3.63, 3.8) is 0 Å². The van der Waals surface area contributed by atoms with Crippen molar-refractivity contribution in [1.82, 2.24) is 0 Å². The second-order valence-corrected chi connectivity index (χ2v) is 5.04. The number of rotatable bonds is 3. The molecule has 0 radical (unpaired) electrons.